The van der Waals surface area contributed by atoms with Gasteiger partial charge in [0.25, 0.3) is 5.56 Å². The van der Waals surface area contributed by atoms with Crippen molar-refractivity contribution in [1.82, 2.24) is 24.9 Å². The van der Waals surface area contributed by atoms with Crippen LogP contribution in [0.25, 0.3) is 10.9 Å². The van der Waals surface area contributed by atoms with E-state index in [2.05, 4.69) is 15.3 Å². The number of H-pyrrole nitrogens is 1. The molecule has 1 saturated heterocycles. The summed E-state index contributed by atoms with van der Waals surface area (Å²) in [6, 6.07) is 6.00. The zero-order valence-corrected chi connectivity index (χ0v) is 14.9. The van der Waals surface area contributed by atoms with Crippen LogP contribution in [0, 0.1) is 0 Å². The molecule has 0 radical (unpaired) electrons. The lowest BCUT2D eigenvalue weighted by molar-refractivity contribution is -0.131. The lowest BCUT2D eigenvalue weighted by Gasteiger charge is -2.35. The van der Waals surface area contributed by atoms with Gasteiger partial charge in [-0.05, 0) is 5.56 Å². The highest BCUT2D eigenvalue weighted by Crippen LogP contribution is 2.24. The number of rotatable bonds is 3. The fourth-order valence-corrected chi connectivity index (χ4v) is 3.54. The minimum absolute atomic E-state index is 0.0215. The van der Waals surface area contributed by atoms with E-state index in [1.54, 1.807) is 4.90 Å². The van der Waals surface area contributed by atoms with Gasteiger partial charge in [-0.2, -0.15) is 10.2 Å². The van der Waals surface area contributed by atoms with Crippen molar-refractivity contribution in [3.8, 4) is 0 Å². The number of para-hydroxylation sites is 1. The number of halogens is 1. The first-order chi connectivity index (χ1) is 12.5. The Morgan fingerprint density at radius 3 is 2.88 bits per heavy atom. The molecule has 0 bridgehead atoms. The molecule has 1 N–H and O–H groups in total. The van der Waals surface area contributed by atoms with Crippen LogP contribution in [-0.2, 0) is 18.4 Å². The van der Waals surface area contributed by atoms with E-state index < -0.39 is 5.56 Å². The molecule has 3 aromatic rings. The summed E-state index contributed by atoms with van der Waals surface area (Å²) in [4.78, 5) is 27.9. The van der Waals surface area contributed by atoms with Gasteiger partial charge in [0.15, 0.2) is 0 Å². The van der Waals surface area contributed by atoms with Crippen LogP contribution in [0.2, 0.25) is 5.02 Å². The lowest BCUT2D eigenvalue weighted by atomic mass is 10.1. The van der Waals surface area contributed by atoms with Gasteiger partial charge >= 0.3 is 0 Å². The van der Waals surface area contributed by atoms with E-state index in [1.165, 1.54) is 6.20 Å². The first-order valence-electron chi connectivity index (χ1n) is 8.20. The van der Waals surface area contributed by atoms with Gasteiger partial charge in [-0.3, -0.25) is 14.3 Å². The Hall–Kier alpha value is -2.87. The number of anilines is 1. The largest absolute Gasteiger partial charge is 0.358 e. The van der Waals surface area contributed by atoms with E-state index in [0.29, 0.717) is 25.3 Å². The molecule has 26 heavy (non-hydrogen) atoms. The Labute approximate surface area is 154 Å². The van der Waals surface area contributed by atoms with Gasteiger partial charge in [-0.25, -0.2) is 5.10 Å². The molecule has 9 heteroatoms. The van der Waals surface area contributed by atoms with Gasteiger partial charge in [0.1, 0.15) is 5.02 Å². The molecule has 0 spiro atoms. The van der Waals surface area contributed by atoms with Crippen molar-refractivity contribution >= 4 is 34.1 Å². The molecule has 0 unspecified atom stereocenters. The van der Waals surface area contributed by atoms with Gasteiger partial charge in [0.05, 0.1) is 30.1 Å². The van der Waals surface area contributed by atoms with Crippen LogP contribution < -0.4 is 10.5 Å². The van der Waals surface area contributed by atoms with Crippen LogP contribution in [0.1, 0.15) is 5.56 Å². The smallest absolute Gasteiger partial charge is 0.285 e. The number of benzene rings is 1. The number of carbonyl (C=O) groups excluding carboxylic acids is 1. The zero-order chi connectivity index (χ0) is 18.3. The summed E-state index contributed by atoms with van der Waals surface area (Å²) in [5.74, 6) is -0.0215. The summed E-state index contributed by atoms with van der Waals surface area (Å²) in [6.07, 6.45) is 3.30. The minimum atomic E-state index is -0.457. The second-order valence-electron chi connectivity index (χ2n) is 6.26. The number of carbonyl (C=O) groups is 1. The zero-order valence-electron chi connectivity index (χ0n) is 14.1. The third-order valence-electron chi connectivity index (χ3n) is 4.64. The molecular weight excluding hydrogens is 356 g/mol. The summed E-state index contributed by atoms with van der Waals surface area (Å²) in [6.45, 7) is 1.80. The predicted octanol–water partition coefficient (Wildman–Crippen LogP) is 1.16. The third kappa shape index (κ3) is 2.82. The fourth-order valence-electron chi connectivity index (χ4n) is 3.33. The van der Waals surface area contributed by atoms with Crippen molar-refractivity contribution in [3.63, 3.8) is 0 Å². The second-order valence-corrected chi connectivity index (χ2v) is 6.64. The monoisotopic (exact) mass is 372 g/mol. The summed E-state index contributed by atoms with van der Waals surface area (Å²) in [7, 11) is 1.90. The average Bonchev–Trinajstić information content (AvgIpc) is 3.01. The Bertz CT molecular complexity index is 1040. The quantitative estimate of drug-likeness (QED) is 0.745. The Morgan fingerprint density at radius 2 is 2.08 bits per heavy atom. The molecule has 8 nitrogen and oxygen atoms in total. The van der Waals surface area contributed by atoms with Gasteiger partial charge in [-0.1, -0.05) is 29.8 Å². The Kier molecular flexibility index (Phi) is 4.12. The first kappa shape index (κ1) is 16.6. The third-order valence-corrected chi connectivity index (χ3v) is 5.01. The SMILES string of the molecule is Cn1ncc2cccc(CN3CCN(c4cn[nH]c(=O)c4Cl)CC3=O)c21. The number of nitrogens with one attached hydrogen (secondary N) is 1. The molecule has 1 aliphatic heterocycles. The number of hydrogen-bond acceptors (Lipinski definition) is 5. The Morgan fingerprint density at radius 1 is 1.23 bits per heavy atom. The van der Waals surface area contributed by atoms with Gasteiger partial charge in [-0.15, -0.1) is 0 Å². The van der Waals surface area contributed by atoms with Crippen LogP contribution in [0.5, 0.6) is 0 Å². The van der Waals surface area contributed by atoms with Gasteiger partial charge in [0.2, 0.25) is 5.91 Å². The van der Waals surface area contributed by atoms with E-state index in [0.717, 1.165) is 16.5 Å². The van der Waals surface area contributed by atoms with Crippen molar-refractivity contribution in [2.45, 2.75) is 6.54 Å². The van der Waals surface area contributed by atoms with E-state index in [-0.39, 0.29) is 17.5 Å². The van der Waals surface area contributed by atoms with Crippen molar-refractivity contribution in [3.05, 3.63) is 51.5 Å². The van der Waals surface area contributed by atoms with E-state index in [9.17, 15) is 9.59 Å². The number of amides is 1. The van der Waals surface area contributed by atoms with Crippen molar-refractivity contribution < 1.29 is 4.79 Å². The topological polar surface area (TPSA) is 87.1 Å². The number of aryl methyl sites for hydroxylation is 1. The molecule has 1 amide bonds. The maximum Gasteiger partial charge on any atom is 0.285 e. The highest BCUT2D eigenvalue weighted by molar-refractivity contribution is 6.33. The molecule has 3 heterocycles. The van der Waals surface area contributed by atoms with Crippen LogP contribution in [0.3, 0.4) is 0 Å². The first-order valence-corrected chi connectivity index (χ1v) is 8.58. The minimum Gasteiger partial charge on any atom is -0.358 e. The van der Waals surface area contributed by atoms with Crippen LogP contribution in [-0.4, -0.2) is 50.4 Å². The van der Waals surface area contributed by atoms with Gasteiger partial charge < -0.3 is 9.80 Å². The maximum atomic E-state index is 12.7. The molecule has 0 aliphatic carbocycles. The van der Waals surface area contributed by atoms with Crippen molar-refractivity contribution in [2.24, 2.45) is 7.05 Å². The average molecular weight is 373 g/mol. The lowest BCUT2D eigenvalue weighted by Crippen LogP contribution is -2.50. The summed E-state index contributed by atoms with van der Waals surface area (Å²) in [5.41, 5.74) is 2.11. The van der Waals surface area contributed by atoms with Crippen molar-refractivity contribution in [1.29, 1.82) is 0 Å². The molecule has 1 aliphatic rings. The molecule has 2 aromatic heterocycles. The molecule has 0 saturated carbocycles. The van der Waals surface area contributed by atoms with Crippen LogP contribution in [0.15, 0.2) is 35.4 Å². The summed E-state index contributed by atoms with van der Waals surface area (Å²) < 4.78 is 1.83. The van der Waals surface area contributed by atoms with E-state index >= 15 is 0 Å². The molecule has 1 fully saturated rings. The summed E-state index contributed by atoms with van der Waals surface area (Å²) in [5, 5.41) is 11.5. The van der Waals surface area contributed by atoms with Crippen LogP contribution in [0.4, 0.5) is 5.69 Å². The maximum absolute atomic E-state index is 12.7. The molecular formula is C17H17ClN6O2. The van der Waals surface area contributed by atoms with Crippen LogP contribution >= 0.6 is 11.6 Å². The molecule has 0 atom stereocenters. The standard InChI is InChI=1S/C17H17ClN6O2/c1-22-16-11(7-20-22)3-2-4-12(16)9-24-6-5-23(10-14(24)25)13-8-19-21-17(26)15(13)18/h2-4,7-8H,5-6,9-10H2,1H3,(H,21,26). The van der Waals surface area contributed by atoms with Gasteiger partial charge in [0, 0.05) is 32.1 Å². The highest BCUT2D eigenvalue weighted by Gasteiger charge is 2.26. The number of piperazine rings is 1. The molecule has 4 rings (SSSR count). The molecule has 1 aromatic carbocycles. The van der Waals surface area contributed by atoms with E-state index in [1.807, 2.05) is 41.0 Å². The normalized spacial score (nSPS) is 15.1. The summed E-state index contributed by atoms with van der Waals surface area (Å²) >= 11 is 6.05. The highest BCUT2D eigenvalue weighted by atomic mass is 35.5. The fraction of sp³-hybridized carbons (Fsp3) is 0.294. The second kappa shape index (κ2) is 6.45. The van der Waals surface area contributed by atoms with E-state index in [4.69, 9.17) is 11.6 Å². The predicted molar refractivity (Wildman–Crippen MR) is 98.2 cm³/mol. The number of aromatic amines is 1. The number of nitrogens with zero attached hydrogens (tertiary/aromatic N) is 5. The van der Waals surface area contributed by atoms with Crippen molar-refractivity contribution in [2.75, 3.05) is 24.5 Å². The number of aromatic nitrogens is 4. The molecule has 134 valence electrons. The Balaban J connectivity index is 1.54. The number of hydrogen-bond donors (Lipinski definition) is 1. The number of fused-ring (bicyclic) bond motifs is 1.